The van der Waals surface area contributed by atoms with Gasteiger partial charge in [0.2, 0.25) is 11.5 Å². The van der Waals surface area contributed by atoms with E-state index in [9.17, 15) is 19.5 Å². The molecule has 20 heavy (non-hydrogen) atoms. The maximum atomic E-state index is 11.9. The zero-order valence-electron chi connectivity index (χ0n) is 11.0. The second-order valence-electron chi connectivity index (χ2n) is 4.34. The number of rotatable bonds is 3. The van der Waals surface area contributed by atoms with Gasteiger partial charge in [-0.2, -0.15) is 0 Å². The Balaban J connectivity index is 2.74. The maximum absolute atomic E-state index is 11.9. The molecule has 0 saturated heterocycles. The van der Waals surface area contributed by atoms with Crippen LogP contribution in [0.25, 0.3) is 11.4 Å². The first-order valence-electron chi connectivity index (χ1n) is 5.82. The number of ketones is 1. The quantitative estimate of drug-likeness (QED) is 0.508. The van der Waals surface area contributed by atoms with Gasteiger partial charge in [-0.25, -0.2) is 4.98 Å². The van der Waals surface area contributed by atoms with E-state index in [0.717, 1.165) is 10.1 Å². The van der Waals surface area contributed by atoms with E-state index in [-0.39, 0.29) is 12.1 Å². The summed E-state index contributed by atoms with van der Waals surface area (Å²) in [5, 5.41) is 9.62. The SMILES string of the molecule is Cc1ccc(-c2nc(C(=O)C=O)c(O)c(=O)n2C)cc1. The summed E-state index contributed by atoms with van der Waals surface area (Å²) in [5.74, 6) is -1.65. The van der Waals surface area contributed by atoms with Crippen molar-refractivity contribution in [2.45, 2.75) is 6.92 Å². The third kappa shape index (κ3) is 2.23. The summed E-state index contributed by atoms with van der Waals surface area (Å²) in [6.07, 6.45) is 0.0143. The summed E-state index contributed by atoms with van der Waals surface area (Å²) in [5.41, 5.74) is 0.330. The van der Waals surface area contributed by atoms with E-state index in [4.69, 9.17) is 0 Å². The molecule has 2 aromatic rings. The molecule has 6 nitrogen and oxygen atoms in total. The zero-order chi connectivity index (χ0) is 14.9. The van der Waals surface area contributed by atoms with Crippen LogP contribution >= 0.6 is 0 Å². The van der Waals surface area contributed by atoms with Crippen LogP contribution in [0.5, 0.6) is 5.75 Å². The minimum atomic E-state index is -1.03. The molecule has 0 aliphatic heterocycles. The lowest BCUT2D eigenvalue weighted by Gasteiger charge is -2.10. The average molecular weight is 272 g/mol. The molecule has 0 radical (unpaired) electrons. The fourth-order valence-corrected chi connectivity index (χ4v) is 1.78. The van der Waals surface area contributed by atoms with Gasteiger partial charge in [-0.15, -0.1) is 0 Å². The number of aldehydes is 1. The number of carbonyl (C=O) groups excluding carboxylic acids is 2. The molecule has 102 valence electrons. The molecule has 0 aliphatic rings. The molecule has 1 N–H and O–H groups in total. The van der Waals surface area contributed by atoms with Crippen LogP contribution in [0, 0.1) is 6.92 Å². The lowest BCUT2D eigenvalue weighted by Crippen LogP contribution is -2.23. The Kier molecular flexibility index (Phi) is 3.47. The molecule has 0 aliphatic carbocycles. The Labute approximate surface area is 114 Å². The standard InChI is InChI=1S/C14H12N2O4/c1-8-3-5-9(6-4-8)13-15-11(10(18)7-17)12(19)14(20)16(13)2/h3-7,19H,1-2H3. The third-order valence-electron chi connectivity index (χ3n) is 2.92. The Bertz CT molecular complexity index is 745. The molecule has 2 rings (SSSR count). The monoisotopic (exact) mass is 272 g/mol. The van der Waals surface area contributed by atoms with Crippen LogP contribution in [0.15, 0.2) is 29.1 Å². The van der Waals surface area contributed by atoms with Crippen LogP contribution in [0.1, 0.15) is 16.1 Å². The molecule has 0 atom stereocenters. The first kappa shape index (κ1) is 13.7. The van der Waals surface area contributed by atoms with Crippen LogP contribution in [-0.2, 0) is 11.8 Å². The van der Waals surface area contributed by atoms with Crippen molar-refractivity contribution in [3.63, 3.8) is 0 Å². The van der Waals surface area contributed by atoms with Gasteiger partial charge in [0, 0.05) is 12.6 Å². The Morgan fingerprint density at radius 3 is 2.45 bits per heavy atom. The number of nitrogens with zero attached hydrogens (tertiary/aromatic N) is 2. The van der Waals surface area contributed by atoms with Gasteiger partial charge in [0.25, 0.3) is 5.56 Å². The van der Waals surface area contributed by atoms with E-state index >= 15 is 0 Å². The Morgan fingerprint density at radius 2 is 1.90 bits per heavy atom. The number of aromatic hydroxyl groups is 1. The van der Waals surface area contributed by atoms with E-state index in [1.165, 1.54) is 7.05 Å². The van der Waals surface area contributed by atoms with Gasteiger partial charge >= 0.3 is 0 Å². The van der Waals surface area contributed by atoms with Crippen LogP contribution in [0.3, 0.4) is 0 Å². The van der Waals surface area contributed by atoms with Crippen molar-refractivity contribution in [3.8, 4) is 17.1 Å². The van der Waals surface area contributed by atoms with Gasteiger partial charge in [0.05, 0.1) is 0 Å². The van der Waals surface area contributed by atoms with Gasteiger partial charge in [0.15, 0.2) is 12.0 Å². The van der Waals surface area contributed by atoms with E-state index in [0.29, 0.717) is 5.56 Å². The number of Topliss-reactive ketones (excluding diaryl/α,β-unsaturated/α-hetero) is 1. The molecule has 1 heterocycles. The molecule has 0 spiro atoms. The molecule has 0 amide bonds. The summed E-state index contributed by atoms with van der Waals surface area (Å²) in [7, 11) is 1.43. The number of hydrogen-bond donors (Lipinski definition) is 1. The molecule has 0 bridgehead atoms. The van der Waals surface area contributed by atoms with Crippen molar-refractivity contribution >= 4 is 12.1 Å². The predicted octanol–water partition coefficient (Wildman–Crippen LogP) is 0.843. The lowest BCUT2D eigenvalue weighted by atomic mass is 10.1. The first-order valence-corrected chi connectivity index (χ1v) is 5.82. The number of aryl methyl sites for hydroxylation is 1. The summed E-state index contributed by atoms with van der Waals surface area (Å²) in [4.78, 5) is 37.7. The second-order valence-corrected chi connectivity index (χ2v) is 4.34. The van der Waals surface area contributed by atoms with Crippen molar-refractivity contribution in [1.82, 2.24) is 9.55 Å². The highest BCUT2D eigenvalue weighted by molar-refractivity contribution is 6.33. The van der Waals surface area contributed by atoms with Gasteiger partial charge in [0.1, 0.15) is 5.82 Å². The fraction of sp³-hybridized carbons (Fsp3) is 0.143. The third-order valence-corrected chi connectivity index (χ3v) is 2.92. The van der Waals surface area contributed by atoms with Crippen LogP contribution in [0.4, 0.5) is 0 Å². The summed E-state index contributed by atoms with van der Waals surface area (Å²) >= 11 is 0. The topological polar surface area (TPSA) is 89.3 Å². The highest BCUT2D eigenvalue weighted by Gasteiger charge is 2.19. The Hall–Kier alpha value is -2.76. The van der Waals surface area contributed by atoms with Crippen molar-refractivity contribution in [1.29, 1.82) is 0 Å². The number of carbonyl (C=O) groups is 2. The smallest absolute Gasteiger partial charge is 0.296 e. The molecule has 0 saturated carbocycles. The van der Waals surface area contributed by atoms with Crippen molar-refractivity contribution in [2.75, 3.05) is 0 Å². The van der Waals surface area contributed by atoms with Gasteiger partial charge in [-0.1, -0.05) is 29.8 Å². The van der Waals surface area contributed by atoms with E-state index in [1.54, 1.807) is 12.1 Å². The largest absolute Gasteiger partial charge is 0.501 e. The summed E-state index contributed by atoms with van der Waals surface area (Å²) < 4.78 is 1.13. The lowest BCUT2D eigenvalue weighted by molar-refractivity contribution is -0.104. The molecular weight excluding hydrogens is 260 g/mol. The van der Waals surface area contributed by atoms with Crippen LogP contribution in [0.2, 0.25) is 0 Å². The molecule has 6 heteroatoms. The Morgan fingerprint density at radius 1 is 1.30 bits per heavy atom. The highest BCUT2D eigenvalue weighted by atomic mass is 16.3. The molecule has 1 aromatic carbocycles. The molecular formula is C14H12N2O4. The van der Waals surface area contributed by atoms with Gasteiger partial charge in [-0.05, 0) is 6.92 Å². The first-order chi connectivity index (χ1) is 9.45. The number of hydrogen-bond acceptors (Lipinski definition) is 5. The second kappa shape index (κ2) is 5.08. The number of aromatic nitrogens is 2. The van der Waals surface area contributed by atoms with E-state index in [1.807, 2.05) is 19.1 Å². The van der Waals surface area contributed by atoms with E-state index in [2.05, 4.69) is 4.98 Å². The molecule has 0 fully saturated rings. The van der Waals surface area contributed by atoms with Crippen LogP contribution in [-0.4, -0.2) is 26.7 Å². The van der Waals surface area contributed by atoms with Gasteiger partial charge in [-0.3, -0.25) is 19.0 Å². The van der Waals surface area contributed by atoms with Crippen molar-refractivity contribution in [3.05, 3.63) is 45.9 Å². The average Bonchev–Trinajstić information content (AvgIpc) is 2.45. The minimum absolute atomic E-state index is 0.0143. The molecule has 0 unspecified atom stereocenters. The summed E-state index contributed by atoms with van der Waals surface area (Å²) in [6, 6.07) is 7.14. The summed E-state index contributed by atoms with van der Waals surface area (Å²) in [6.45, 7) is 1.91. The molecule has 1 aromatic heterocycles. The number of benzene rings is 1. The van der Waals surface area contributed by atoms with Crippen LogP contribution < -0.4 is 5.56 Å². The maximum Gasteiger partial charge on any atom is 0.296 e. The normalized spacial score (nSPS) is 10.3. The highest BCUT2D eigenvalue weighted by Crippen LogP contribution is 2.19. The fourth-order valence-electron chi connectivity index (χ4n) is 1.78. The zero-order valence-corrected chi connectivity index (χ0v) is 11.0. The van der Waals surface area contributed by atoms with Crippen molar-refractivity contribution < 1.29 is 14.7 Å². The van der Waals surface area contributed by atoms with E-state index < -0.39 is 22.8 Å². The predicted molar refractivity (Wildman–Crippen MR) is 71.7 cm³/mol. The minimum Gasteiger partial charge on any atom is -0.501 e. The van der Waals surface area contributed by atoms with Gasteiger partial charge < -0.3 is 5.11 Å². The van der Waals surface area contributed by atoms with Crippen molar-refractivity contribution in [2.24, 2.45) is 7.05 Å².